The van der Waals surface area contributed by atoms with Gasteiger partial charge in [-0.3, -0.25) is 13.8 Å². The van der Waals surface area contributed by atoms with Crippen molar-refractivity contribution in [2.24, 2.45) is 10.4 Å². The van der Waals surface area contributed by atoms with Crippen LogP contribution in [0.1, 0.15) is 13.8 Å². The Kier molecular flexibility index (Phi) is 6.76. The van der Waals surface area contributed by atoms with E-state index in [1.807, 2.05) is 25.2 Å². The molecule has 1 rings (SSSR count). The molecule has 0 radical (unpaired) electrons. The van der Waals surface area contributed by atoms with E-state index in [-0.39, 0.29) is 0 Å². The van der Waals surface area contributed by atoms with E-state index in [9.17, 15) is 8.78 Å². The van der Waals surface area contributed by atoms with Gasteiger partial charge in [0.1, 0.15) is 25.0 Å². The minimum absolute atomic E-state index is 0.294. The van der Waals surface area contributed by atoms with Gasteiger partial charge in [-0.1, -0.05) is 32.2 Å². The van der Waals surface area contributed by atoms with Crippen molar-refractivity contribution < 1.29 is 8.78 Å². The summed E-state index contributed by atoms with van der Waals surface area (Å²) in [4.78, 5) is 4.23. The standard InChI is InChI=1S/C17H23F2N3/c1-5-7-8-15(6-2)21-13(3)22-16-9-14(10-20-16)17(4,11-18)12-19/h5-9,21H,2-3,10-12H2,1,4H3,(H,20,22)/b7-5-,15-8+. The molecule has 0 bridgehead atoms. The number of alkyl halides is 2. The van der Waals surface area contributed by atoms with Gasteiger partial charge in [0.2, 0.25) is 0 Å². The lowest BCUT2D eigenvalue weighted by molar-refractivity contribution is 0.215. The summed E-state index contributed by atoms with van der Waals surface area (Å²) in [7, 11) is 0. The summed E-state index contributed by atoms with van der Waals surface area (Å²) in [5, 5.41) is 6.02. The van der Waals surface area contributed by atoms with Crippen LogP contribution < -0.4 is 10.6 Å². The molecule has 2 N–H and O–H groups in total. The highest BCUT2D eigenvalue weighted by atomic mass is 19.1. The second-order valence-electron chi connectivity index (χ2n) is 5.28. The van der Waals surface area contributed by atoms with Crippen molar-refractivity contribution in [3.63, 3.8) is 0 Å². The lowest BCUT2D eigenvalue weighted by Gasteiger charge is -2.23. The van der Waals surface area contributed by atoms with Gasteiger partial charge in [0.15, 0.2) is 0 Å². The minimum atomic E-state index is -1.10. The second kappa shape index (κ2) is 8.32. The van der Waals surface area contributed by atoms with E-state index in [0.717, 1.165) is 5.70 Å². The number of allylic oxidation sites excluding steroid dienone is 4. The molecule has 1 aliphatic heterocycles. The van der Waals surface area contributed by atoms with Crippen LogP contribution >= 0.6 is 0 Å². The van der Waals surface area contributed by atoms with Gasteiger partial charge < -0.3 is 10.6 Å². The lowest BCUT2D eigenvalue weighted by atomic mass is 9.85. The molecule has 0 aliphatic carbocycles. The van der Waals surface area contributed by atoms with E-state index in [0.29, 0.717) is 23.8 Å². The Morgan fingerprint density at radius 1 is 1.45 bits per heavy atom. The van der Waals surface area contributed by atoms with E-state index in [1.54, 1.807) is 19.1 Å². The van der Waals surface area contributed by atoms with E-state index in [2.05, 4.69) is 28.8 Å². The summed E-state index contributed by atoms with van der Waals surface area (Å²) in [6.07, 6.45) is 8.95. The topological polar surface area (TPSA) is 36.4 Å². The molecule has 0 atom stereocenters. The molecule has 1 heterocycles. The number of amidine groups is 1. The first kappa shape index (κ1) is 17.9. The third-order valence-electron chi connectivity index (χ3n) is 3.36. The van der Waals surface area contributed by atoms with Crippen LogP contribution in [0.3, 0.4) is 0 Å². The number of hydrogen-bond acceptors (Lipinski definition) is 3. The highest BCUT2D eigenvalue weighted by molar-refractivity contribution is 5.96. The number of rotatable bonds is 8. The first-order valence-electron chi connectivity index (χ1n) is 7.05. The summed E-state index contributed by atoms with van der Waals surface area (Å²) < 4.78 is 26.0. The van der Waals surface area contributed by atoms with Gasteiger partial charge in [0, 0.05) is 11.1 Å². The molecule has 120 valence electrons. The normalized spacial score (nSPS) is 15.5. The Morgan fingerprint density at radius 3 is 2.68 bits per heavy atom. The Balaban J connectivity index is 2.67. The van der Waals surface area contributed by atoms with Crippen LogP contribution in [0.2, 0.25) is 0 Å². The van der Waals surface area contributed by atoms with Gasteiger partial charge in [-0.25, -0.2) is 0 Å². The molecule has 0 aromatic carbocycles. The summed E-state index contributed by atoms with van der Waals surface area (Å²) in [5.74, 6) is 1.05. The van der Waals surface area contributed by atoms with E-state index < -0.39 is 18.8 Å². The number of aliphatic imine (C=N–C) groups is 1. The highest BCUT2D eigenvalue weighted by Gasteiger charge is 2.31. The molecule has 5 heteroatoms. The van der Waals surface area contributed by atoms with Crippen LogP contribution in [0.5, 0.6) is 0 Å². The Hall–Kier alpha value is -2.17. The van der Waals surface area contributed by atoms with E-state index in [4.69, 9.17) is 0 Å². The summed E-state index contributed by atoms with van der Waals surface area (Å²) >= 11 is 0. The predicted octanol–water partition coefficient (Wildman–Crippen LogP) is 3.57. The predicted molar refractivity (Wildman–Crippen MR) is 88.9 cm³/mol. The van der Waals surface area contributed by atoms with E-state index >= 15 is 0 Å². The van der Waals surface area contributed by atoms with Crippen LogP contribution in [-0.2, 0) is 0 Å². The molecular formula is C17H23F2N3. The summed E-state index contributed by atoms with van der Waals surface area (Å²) in [6.45, 7) is 9.83. The zero-order valence-electron chi connectivity index (χ0n) is 13.1. The van der Waals surface area contributed by atoms with Crippen molar-refractivity contribution in [3.8, 4) is 0 Å². The molecule has 0 saturated carbocycles. The SMILES string of the molecule is C=C/C(=C\C=C/C)NC(=C)NC1=NCC(C(C)(CF)CF)=C1. The average molecular weight is 307 g/mol. The lowest BCUT2D eigenvalue weighted by Crippen LogP contribution is -2.29. The van der Waals surface area contributed by atoms with Crippen LogP contribution in [0.4, 0.5) is 8.78 Å². The summed E-state index contributed by atoms with van der Waals surface area (Å²) in [5.41, 5.74) is 0.316. The van der Waals surface area contributed by atoms with Gasteiger partial charge >= 0.3 is 0 Å². The maximum Gasteiger partial charge on any atom is 0.126 e. The van der Waals surface area contributed by atoms with Gasteiger partial charge in [-0.05, 0) is 30.7 Å². The van der Waals surface area contributed by atoms with Crippen molar-refractivity contribution in [1.29, 1.82) is 0 Å². The molecule has 0 unspecified atom stereocenters. The third-order valence-corrected chi connectivity index (χ3v) is 3.36. The molecule has 0 aromatic heterocycles. The number of hydrogen-bond donors (Lipinski definition) is 2. The monoisotopic (exact) mass is 307 g/mol. The largest absolute Gasteiger partial charge is 0.342 e. The van der Waals surface area contributed by atoms with Crippen LogP contribution in [-0.4, -0.2) is 25.7 Å². The smallest absolute Gasteiger partial charge is 0.126 e. The third kappa shape index (κ3) is 4.69. The van der Waals surface area contributed by atoms with Crippen molar-refractivity contribution in [2.45, 2.75) is 13.8 Å². The molecule has 3 nitrogen and oxygen atoms in total. The molecule has 0 spiro atoms. The molecular weight excluding hydrogens is 284 g/mol. The first-order chi connectivity index (χ1) is 10.5. The fraction of sp³-hybridized carbons (Fsp3) is 0.353. The first-order valence-corrected chi connectivity index (χ1v) is 7.05. The maximum absolute atomic E-state index is 13.0. The van der Waals surface area contributed by atoms with Crippen LogP contribution in [0.25, 0.3) is 0 Å². The molecule has 0 aromatic rings. The van der Waals surface area contributed by atoms with Gasteiger partial charge in [-0.15, -0.1) is 0 Å². The number of halogens is 2. The highest BCUT2D eigenvalue weighted by Crippen LogP contribution is 2.30. The molecule has 22 heavy (non-hydrogen) atoms. The van der Waals surface area contributed by atoms with Crippen LogP contribution in [0.15, 0.2) is 65.6 Å². The minimum Gasteiger partial charge on any atom is -0.342 e. The number of nitrogens with zero attached hydrogens (tertiary/aromatic N) is 1. The van der Waals surface area contributed by atoms with Crippen molar-refractivity contribution in [3.05, 3.63) is 60.6 Å². The number of nitrogens with one attached hydrogen (secondary N) is 2. The molecule has 0 fully saturated rings. The van der Waals surface area contributed by atoms with Gasteiger partial charge in [0.25, 0.3) is 0 Å². The maximum atomic E-state index is 13.0. The van der Waals surface area contributed by atoms with E-state index in [1.165, 1.54) is 0 Å². The Morgan fingerprint density at radius 2 is 2.14 bits per heavy atom. The zero-order chi connectivity index (χ0) is 16.6. The Labute approximate surface area is 130 Å². The second-order valence-corrected chi connectivity index (χ2v) is 5.28. The average Bonchev–Trinajstić information content (AvgIpc) is 2.99. The fourth-order valence-corrected chi connectivity index (χ4v) is 1.80. The summed E-state index contributed by atoms with van der Waals surface area (Å²) in [6, 6.07) is 0. The molecule has 0 saturated heterocycles. The van der Waals surface area contributed by atoms with Gasteiger partial charge in [0.05, 0.1) is 6.54 Å². The molecule has 1 aliphatic rings. The van der Waals surface area contributed by atoms with Crippen molar-refractivity contribution in [2.75, 3.05) is 19.9 Å². The molecule has 0 amide bonds. The van der Waals surface area contributed by atoms with Gasteiger partial charge in [-0.2, -0.15) is 0 Å². The van der Waals surface area contributed by atoms with Crippen molar-refractivity contribution in [1.82, 2.24) is 10.6 Å². The fourth-order valence-electron chi connectivity index (χ4n) is 1.80. The van der Waals surface area contributed by atoms with Crippen LogP contribution in [0, 0.1) is 5.41 Å². The van der Waals surface area contributed by atoms with Crippen molar-refractivity contribution >= 4 is 5.84 Å². The Bertz CT molecular complexity index is 538. The zero-order valence-corrected chi connectivity index (χ0v) is 13.1. The quantitative estimate of drug-likeness (QED) is 0.673.